The SMILES string of the molecule is CC(C)[C@H](NC(=O)OC(C)(C)C)C(=O)N[C@H](C)CS. The number of hydrogen-bond donors (Lipinski definition) is 3. The van der Waals surface area contributed by atoms with Gasteiger partial charge in [-0.2, -0.15) is 12.6 Å². The first-order chi connectivity index (χ1) is 8.56. The summed E-state index contributed by atoms with van der Waals surface area (Å²) in [5, 5.41) is 5.40. The molecule has 6 heteroatoms. The molecule has 0 saturated carbocycles. The van der Waals surface area contributed by atoms with E-state index < -0.39 is 17.7 Å². The fraction of sp³-hybridized carbons (Fsp3) is 0.846. The van der Waals surface area contributed by atoms with Crippen molar-refractivity contribution in [3.05, 3.63) is 0 Å². The third-order valence-corrected chi connectivity index (χ3v) is 2.83. The second-order valence-electron chi connectivity index (χ2n) is 5.96. The quantitative estimate of drug-likeness (QED) is 0.678. The van der Waals surface area contributed by atoms with Crippen LogP contribution in [-0.2, 0) is 9.53 Å². The summed E-state index contributed by atoms with van der Waals surface area (Å²) in [4.78, 5) is 23.7. The lowest BCUT2D eigenvalue weighted by Gasteiger charge is -2.26. The summed E-state index contributed by atoms with van der Waals surface area (Å²) in [5.74, 6) is 0.297. The first-order valence-electron chi connectivity index (χ1n) is 6.47. The van der Waals surface area contributed by atoms with E-state index in [4.69, 9.17) is 4.74 Å². The number of carbonyl (C=O) groups is 2. The molecule has 0 aliphatic rings. The van der Waals surface area contributed by atoms with E-state index in [1.807, 2.05) is 20.8 Å². The van der Waals surface area contributed by atoms with Crippen LogP contribution in [0.25, 0.3) is 0 Å². The molecule has 2 amide bonds. The second kappa shape index (κ2) is 7.62. The topological polar surface area (TPSA) is 67.4 Å². The monoisotopic (exact) mass is 290 g/mol. The third kappa shape index (κ3) is 7.97. The van der Waals surface area contributed by atoms with E-state index in [0.29, 0.717) is 5.75 Å². The van der Waals surface area contributed by atoms with Crippen molar-refractivity contribution in [3.63, 3.8) is 0 Å². The van der Waals surface area contributed by atoms with Crippen molar-refractivity contribution in [1.29, 1.82) is 0 Å². The average Bonchev–Trinajstić information content (AvgIpc) is 2.22. The van der Waals surface area contributed by atoms with Crippen molar-refractivity contribution in [1.82, 2.24) is 10.6 Å². The molecule has 19 heavy (non-hydrogen) atoms. The smallest absolute Gasteiger partial charge is 0.408 e. The maximum Gasteiger partial charge on any atom is 0.408 e. The van der Waals surface area contributed by atoms with E-state index in [1.54, 1.807) is 20.8 Å². The predicted octanol–water partition coefficient (Wildman–Crippen LogP) is 1.97. The minimum absolute atomic E-state index is 0.0281. The summed E-state index contributed by atoms with van der Waals surface area (Å²) in [6, 6.07) is -0.658. The van der Waals surface area contributed by atoms with Crippen LogP contribution in [0.5, 0.6) is 0 Å². The van der Waals surface area contributed by atoms with Gasteiger partial charge in [-0.1, -0.05) is 13.8 Å². The maximum absolute atomic E-state index is 12.0. The van der Waals surface area contributed by atoms with E-state index >= 15 is 0 Å². The molecule has 0 radical (unpaired) electrons. The van der Waals surface area contributed by atoms with Gasteiger partial charge < -0.3 is 15.4 Å². The normalized spacial score (nSPS) is 14.7. The third-order valence-electron chi connectivity index (χ3n) is 2.28. The Kier molecular flexibility index (Phi) is 7.26. The highest BCUT2D eigenvalue weighted by atomic mass is 32.1. The molecule has 0 bridgehead atoms. The lowest BCUT2D eigenvalue weighted by molar-refractivity contribution is -0.124. The molecule has 2 atom stereocenters. The Morgan fingerprint density at radius 2 is 1.68 bits per heavy atom. The van der Waals surface area contributed by atoms with Crippen LogP contribution in [0.2, 0.25) is 0 Å². The van der Waals surface area contributed by atoms with Crippen molar-refractivity contribution >= 4 is 24.6 Å². The number of carbonyl (C=O) groups excluding carboxylic acids is 2. The molecule has 0 heterocycles. The highest BCUT2D eigenvalue weighted by Gasteiger charge is 2.27. The van der Waals surface area contributed by atoms with Crippen LogP contribution in [-0.4, -0.2) is 35.4 Å². The van der Waals surface area contributed by atoms with Crippen LogP contribution in [0, 0.1) is 5.92 Å². The van der Waals surface area contributed by atoms with Gasteiger partial charge in [0.05, 0.1) is 0 Å². The zero-order valence-corrected chi connectivity index (χ0v) is 13.5. The number of nitrogens with one attached hydrogen (secondary N) is 2. The molecule has 0 aromatic rings. The molecule has 112 valence electrons. The average molecular weight is 290 g/mol. The minimum Gasteiger partial charge on any atom is -0.444 e. The maximum atomic E-state index is 12.0. The molecule has 0 fully saturated rings. The van der Waals surface area contributed by atoms with Gasteiger partial charge >= 0.3 is 6.09 Å². The van der Waals surface area contributed by atoms with E-state index in [1.165, 1.54) is 0 Å². The summed E-state index contributed by atoms with van der Waals surface area (Å²) >= 11 is 4.11. The van der Waals surface area contributed by atoms with Crippen molar-refractivity contribution in [3.8, 4) is 0 Å². The molecular weight excluding hydrogens is 264 g/mol. The van der Waals surface area contributed by atoms with Gasteiger partial charge in [-0.25, -0.2) is 4.79 Å². The Bertz CT molecular complexity index is 314. The van der Waals surface area contributed by atoms with E-state index in [9.17, 15) is 9.59 Å². The summed E-state index contributed by atoms with van der Waals surface area (Å²) < 4.78 is 5.15. The van der Waals surface area contributed by atoms with Gasteiger partial charge in [-0.05, 0) is 33.6 Å². The van der Waals surface area contributed by atoms with Gasteiger partial charge in [-0.3, -0.25) is 4.79 Å². The zero-order valence-electron chi connectivity index (χ0n) is 12.6. The summed E-state index contributed by atoms with van der Waals surface area (Å²) in [7, 11) is 0. The molecule has 0 rings (SSSR count). The van der Waals surface area contributed by atoms with Gasteiger partial charge in [0.1, 0.15) is 11.6 Å². The van der Waals surface area contributed by atoms with Crippen molar-refractivity contribution in [2.24, 2.45) is 5.92 Å². The van der Waals surface area contributed by atoms with Crippen molar-refractivity contribution in [2.45, 2.75) is 59.2 Å². The predicted molar refractivity (Wildman–Crippen MR) is 79.5 cm³/mol. The van der Waals surface area contributed by atoms with Crippen molar-refractivity contribution < 1.29 is 14.3 Å². The standard InChI is InChI=1S/C13H26N2O3S/c1-8(2)10(11(16)14-9(3)7-19)15-12(17)18-13(4,5)6/h8-10,19H,7H2,1-6H3,(H,14,16)(H,15,17)/t9-,10+/m1/s1. The molecule has 2 N–H and O–H groups in total. The molecule has 0 aromatic heterocycles. The highest BCUT2D eigenvalue weighted by molar-refractivity contribution is 7.80. The van der Waals surface area contributed by atoms with E-state index in [0.717, 1.165) is 0 Å². The van der Waals surface area contributed by atoms with Crippen LogP contribution in [0.3, 0.4) is 0 Å². The molecule has 5 nitrogen and oxygen atoms in total. The lowest BCUT2D eigenvalue weighted by atomic mass is 10.0. The Balaban J connectivity index is 4.58. The number of ether oxygens (including phenoxy) is 1. The van der Waals surface area contributed by atoms with Gasteiger partial charge in [0.15, 0.2) is 0 Å². The number of thiol groups is 1. The largest absolute Gasteiger partial charge is 0.444 e. The fourth-order valence-corrected chi connectivity index (χ4v) is 1.44. The van der Waals surface area contributed by atoms with Crippen LogP contribution < -0.4 is 10.6 Å². The number of rotatable bonds is 5. The first-order valence-corrected chi connectivity index (χ1v) is 7.10. The fourth-order valence-electron chi connectivity index (χ4n) is 1.35. The molecule has 0 aliphatic carbocycles. The Labute approximate surface area is 121 Å². The zero-order chi connectivity index (χ0) is 15.2. The van der Waals surface area contributed by atoms with Gasteiger partial charge in [0, 0.05) is 11.8 Å². The van der Waals surface area contributed by atoms with Gasteiger partial charge in [0.2, 0.25) is 5.91 Å². The molecule has 0 aromatic carbocycles. The van der Waals surface area contributed by atoms with E-state index in [-0.39, 0.29) is 17.9 Å². The van der Waals surface area contributed by atoms with Gasteiger partial charge in [-0.15, -0.1) is 0 Å². The molecule has 0 saturated heterocycles. The second-order valence-corrected chi connectivity index (χ2v) is 6.33. The molecule has 0 unspecified atom stereocenters. The molecule has 0 aliphatic heterocycles. The number of hydrogen-bond acceptors (Lipinski definition) is 4. The van der Waals surface area contributed by atoms with E-state index in [2.05, 4.69) is 23.3 Å². The Morgan fingerprint density at radius 1 is 1.16 bits per heavy atom. The lowest BCUT2D eigenvalue weighted by Crippen LogP contribution is -2.52. The van der Waals surface area contributed by atoms with Crippen LogP contribution >= 0.6 is 12.6 Å². The number of alkyl carbamates (subject to hydrolysis) is 1. The first kappa shape index (κ1) is 18.1. The number of amides is 2. The molecular formula is C13H26N2O3S. The summed E-state index contributed by atoms with van der Waals surface area (Å²) in [6.45, 7) is 10.9. The Hall–Kier alpha value is -0.910. The van der Waals surface area contributed by atoms with Crippen molar-refractivity contribution in [2.75, 3.05) is 5.75 Å². The summed E-state index contributed by atoms with van der Waals surface area (Å²) in [6.07, 6.45) is -0.583. The van der Waals surface area contributed by atoms with Crippen LogP contribution in [0.4, 0.5) is 4.79 Å². The molecule has 0 spiro atoms. The highest BCUT2D eigenvalue weighted by Crippen LogP contribution is 2.09. The minimum atomic E-state index is -0.614. The summed E-state index contributed by atoms with van der Waals surface area (Å²) in [5.41, 5.74) is -0.583. The van der Waals surface area contributed by atoms with Crippen LogP contribution in [0.15, 0.2) is 0 Å². The Morgan fingerprint density at radius 3 is 2.05 bits per heavy atom. The van der Waals surface area contributed by atoms with Gasteiger partial charge in [0.25, 0.3) is 0 Å². The van der Waals surface area contributed by atoms with Crippen LogP contribution in [0.1, 0.15) is 41.5 Å².